The highest BCUT2D eigenvalue weighted by Gasteiger charge is 2.31. The molecule has 0 heterocycles. The van der Waals surface area contributed by atoms with E-state index in [1.54, 1.807) is 13.0 Å². The van der Waals surface area contributed by atoms with Crippen LogP contribution in [0.1, 0.15) is 59.6 Å². The smallest absolute Gasteiger partial charge is 0.434 e. The molecule has 0 bridgehead atoms. The molecule has 0 N–H and O–H groups in total. The molecule has 0 aliphatic carbocycles. The van der Waals surface area contributed by atoms with Crippen LogP contribution in [0.5, 0.6) is 5.75 Å². The standard InChI is InChI=1S/C17H25NO5/c1-8-22-15(19)23-14-10-13(18(20)21)11(16(2,3)4)9-12(14)17(5,6)7/h9-10H,8H2,1-7H3. The number of carbonyl (C=O) groups excluding carboxylic acids is 1. The van der Waals surface area contributed by atoms with E-state index in [0.717, 1.165) is 5.56 Å². The minimum atomic E-state index is -0.865. The minimum Gasteiger partial charge on any atom is -0.434 e. The van der Waals surface area contributed by atoms with Crippen molar-refractivity contribution in [3.63, 3.8) is 0 Å². The minimum absolute atomic E-state index is 0.0650. The van der Waals surface area contributed by atoms with Crippen LogP contribution in [0.3, 0.4) is 0 Å². The number of rotatable bonds is 3. The van der Waals surface area contributed by atoms with E-state index in [4.69, 9.17) is 9.47 Å². The van der Waals surface area contributed by atoms with Crippen LogP contribution in [0.2, 0.25) is 0 Å². The fourth-order valence-electron chi connectivity index (χ4n) is 2.23. The number of ether oxygens (including phenoxy) is 2. The number of nitrogens with zero attached hydrogens (tertiary/aromatic N) is 1. The van der Waals surface area contributed by atoms with E-state index < -0.39 is 16.5 Å². The molecule has 0 unspecified atom stereocenters. The summed E-state index contributed by atoms with van der Waals surface area (Å²) in [6.07, 6.45) is -0.865. The van der Waals surface area contributed by atoms with Gasteiger partial charge in [0.2, 0.25) is 0 Å². The molecule has 0 saturated heterocycles. The molecular weight excluding hydrogens is 298 g/mol. The molecule has 1 aromatic carbocycles. The highest BCUT2D eigenvalue weighted by molar-refractivity contribution is 5.67. The molecule has 23 heavy (non-hydrogen) atoms. The van der Waals surface area contributed by atoms with Crippen molar-refractivity contribution >= 4 is 11.8 Å². The highest BCUT2D eigenvalue weighted by atomic mass is 16.7. The lowest BCUT2D eigenvalue weighted by Crippen LogP contribution is -2.21. The third-order valence-corrected chi connectivity index (χ3v) is 3.37. The van der Waals surface area contributed by atoms with E-state index in [-0.39, 0.29) is 23.5 Å². The van der Waals surface area contributed by atoms with Crippen molar-refractivity contribution in [3.8, 4) is 5.75 Å². The second kappa shape index (κ2) is 6.56. The summed E-state index contributed by atoms with van der Waals surface area (Å²) in [4.78, 5) is 22.6. The molecule has 0 radical (unpaired) electrons. The van der Waals surface area contributed by atoms with Crippen LogP contribution < -0.4 is 4.74 Å². The lowest BCUT2D eigenvalue weighted by molar-refractivity contribution is -0.386. The van der Waals surface area contributed by atoms with Crippen molar-refractivity contribution in [2.75, 3.05) is 6.61 Å². The number of benzene rings is 1. The lowest BCUT2D eigenvalue weighted by atomic mass is 9.79. The second-order valence-electron chi connectivity index (χ2n) is 7.41. The molecule has 0 amide bonds. The van der Waals surface area contributed by atoms with E-state index >= 15 is 0 Å². The number of hydrogen-bond acceptors (Lipinski definition) is 5. The van der Waals surface area contributed by atoms with E-state index in [1.165, 1.54) is 6.07 Å². The Kier molecular flexibility index (Phi) is 5.40. The van der Waals surface area contributed by atoms with Gasteiger partial charge in [-0.3, -0.25) is 10.1 Å². The Labute approximate surface area is 136 Å². The molecule has 0 aromatic heterocycles. The second-order valence-corrected chi connectivity index (χ2v) is 7.41. The molecule has 1 aromatic rings. The normalized spacial score (nSPS) is 12.0. The van der Waals surface area contributed by atoms with Gasteiger partial charge in [0.1, 0.15) is 5.75 Å². The summed E-state index contributed by atoms with van der Waals surface area (Å²) in [7, 11) is 0. The van der Waals surface area contributed by atoms with Gasteiger partial charge in [0, 0.05) is 11.1 Å². The third-order valence-electron chi connectivity index (χ3n) is 3.37. The molecule has 1 rings (SSSR count). The van der Waals surface area contributed by atoms with Crippen molar-refractivity contribution in [2.24, 2.45) is 0 Å². The maximum absolute atomic E-state index is 11.6. The lowest BCUT2D eigenvalue weighted by Gasteiger charge is -2.26. The molecule has 0 aliphatic heterocycles. The SMILES string of the molecule is CCOC(=O)Oc1cc([N+](=O)[O-])c(C(C)(C)C)cc1C(C)(C)C. The van der Waals surface area contributed by atoms with E-state index in [9.17, 15) is 14.9 Å². The summed E-state index contributed by atoms with van der Waals surface area (Å²) in [5.41, 5.74) is 0.497. The van der Waals surface area contributed by atoms with Crippen molar-refractivity contribution in [1.29, 1.82) is 0 Å². The zero-order chi connectivity index (χ0) is 18.0. The van der Waals surface area contributed by atoms with Gasteiger partial charge in [-0.05, 0) is 23.8 Å². The molecule has 0 fully saturated rings. The van der Waals surface area contributed by atoms with E-state index in [2.05, 4.69) is 0 Å². The summed E-state index contributed by atoms with van der Waals surface area (Å²) in [6, 6.07) is 3.07. The summed E-state index contributed by atoms with van der Waals surface area (Å²) in [5.74, 6) is 0.163. The van der Waals surface area contributed by atoms with Gasteiger partial charge in [-0.15, -0.1) is 0 Å². The van der Waals surface area contributed by atoms with Crippen molar-refractivity contribution in [2.45, 2.75) is 59.3 Å². The zero-order valence-corrected chi connectivity index (χ0v) is 14.9. The van der Waals surface area contributed by atoms with Crippen LogP contribution in [0.25, 0.3) is 0 Å². The first-order chi connectivity index (χ1) is 10.4. The largest absolute Gasteiger partial charge is 0.513 e. The maximum Gasteiger partial charge on any atom is 0.513 e. The van der Waals surface area contributed by atoms with E-state index in [0.29, 0.717) is 5.56 Å². The monoisotopic (exact) mass is 323 g/mol. The van der Waals surface area contributed by atoms with Gasteiger partial charge in [-0.2, -0.15) is 0 Å². The Balaban J connectivity index is 3.58. The first-order valence-electron chi connectivity index (χ1n) is 7.56. The van der Waals surface area contributed by atoms with Crippen LogP contribution in [-0.2, 0) is 15.6 Å². The number of nitro benzene ring substituents is 1. The Hall–Kier alpha value is -2.11. The molecule has 0 atom stereocenters. The highest BCUT2D eigenvalue weighted by Crippen LogP contribution is 2.41. The molecule has 0 saturated carbocycles. The van der Waals surface area contributed by atoms with Gasteiger partial charge in [0.25, 0.3) is 5.69 Å². The first-order valence-corrected chi connectivity index (χ1v) is 7.56. The van der Waals surface area contributed by atoms with Crippen LogP contribution in [0.15, 0.2) is 12.1 Å². The van der Waals surface area contributed by atoms with Gasteiger partial charge in [0.05, 0.1) is 17.6 Å². The van der Waals surface area contributed by atoms with Crippen LogP contribution in [-0.4, -0.2) is 17.7 Å². The predicted octanol–water partition coefficient (Wildman–Crippen LogP) is 4.73. The quantitative estimate of drug-likeness (QED) is 0.348. The Morgan fingerprint density at radius 2 is 1.61 bits per heavy atom. The van der Waals surface area contributed by atoms with Crippen molar-refractivity contribution < 1.29 is 19.2 Å². The average Bonchev–Trinajstić information content (AvgIpc) is 2.35. The summed E-state index contributed by atoms with van der Waals surface area (Å²) in [6.45, 7) is 13.4. The molecule has 6 heteroatoms. The van der Waals surface area contributed by atoms with Gasteiger partial charge in [-0.25, -0.2) is 4.79 Å². The molecule has 6 nitrogen and oxygen atoms in total. The van der Waals surface area contributed by atoms with Gasteiger partial charge < -0.3 is 9.47 Å². The fraction of sp³-hybridized carbons (Fsp3) is 0.588. The molecular formula is C17H25NO5. The van der Waals surface area contributed by atoms with E-state index in [1.807, 2.05) is 41.5 Å². The topological polar surface area (TPSA) is 78.7 Å². The maximum atomic E-state index is 11.6. The Bertz CT molecular complexity index is 609. The molecule has 128 valence electrons. The molecule has 0 spiro atoms. The van der Waals surface area contributed by atoms with Crippen LogP contribution in [0.4, 0.5) is 10.5 Å². The zero-order valence-electron chi connectivity index (χ0n) is 14.9. The Morgan fingerprint density at radius 1 is 1.09 bits per heavy atom. The summed E-state index contributed by atoms with van der Waals surface area (Å²) in [5, 5.41) is 11.4. The van der Waals surface area contributed by atoms with Gasteiger partial charge in [-0.1, -0.05) is 41.5 Å². The number of hydrogen-bond donors (Lipinski definition) is 0. The Morgan fingerprint density at radius 3 is 2.00 bits per heavy atom. The van der Waals surface area contributed by atoms with Gasteiger partial charge in [0.15, 0.2) is 0 Å². The number of nitro groups is 1. The van der Waals surface area contributed by atoms with Crippen molar-refractivity contribution in [3.05, 3.63) is 33.4 Å². The fourth-order valence-corrected chi connectivity index (χ4v) is 2.23. The first kappa shape index (κ1) is 18.9. The molecule has 0 aliphatic rings. The van der Waals surface area contributed by atoms with Crippen LogP contribution in [0, 0.1) is 10.1 Å². The third kappa shape index (κ3) is 4.68. The average molecular weight is 323 g/mol. The van der Waals surface area contributed by atoms with Crippen molar-refractivity contribution in [1.82, 2.24) is 0 Å². The number of carbonyl (C=O) groups is 1. The summed E-state index contributed by atoms with van der Waals surface area (Å²) >= 11 is 0. The summed E-state index contributed by atoms with van der Waals surface area (Å²) < 4.78 is 9.99. The predicted molar refractivity (Wildman–Crippen MR) is 88.1 cm³/mol. The van der Waals surface area contributed by atoms with Gasteiger partial charge >= 0.3 is 6.16 Å². The van der Waals surface area contributed by atoms with Crippen LogP contribution >= 0.6 is 0 Å².